The van der Waals surface area contributed by atoms with Crippen LogP contribution in [0.2, 0.25) is 0 Å². The maximum Gasteiger partial charge on any atom is 0.128 e. The van der Waals surface area contributed by atoms with Crippen molar-refractivity contribution in [2.75, 3.05) is 18.4 Å². The van der Waals surface area contributed by atoms with E-state index in [4.69, 9.17) is 5.73 Å². The number of aromatic nitrogens is 1. The first kappa shape index (κ1) is 11.0. The Morgan fingerprint density at radius 3 is 2.79 bits per heavy atom. The van der Waals surface area contributed by atoms with Gasteiger partial charge in [-0.25, -0.2) is 4.98 Å². The highest BCUT2D eigenvalue weighted by Gasteiger charge is 2.15. The molecule has 0 aliphatic carbocycles. The summed E-state index contributed by atoms with van der Waals surface area (Å²) in [6.07, 6.45) is 1.80. The number of aryl methyl sites for hydroxylation is 1. The summed E-state index contributed by atoms with van der Waals surface area (Å²) in [5.41, 5.74) is 6.93. The van der Waals surface area contributed by atoms with E-state index in [0.717, 1.165) is 12.4 Å². The number of hydrogen-bond donors (Lipinski definition) is 2. The first-order valence-corrected chi connectivity index (χ1v) is 4.91. The van der Waals surface area contributed by atoms with Crippen LogP contribution in [-0.4, -0.2) is 18.1 Å². The molecule has 78 valence electrons. The Bertz CT molecular complexity index is 294. The molecule has 0 amide bonds. The smallest absolute Gasteiger partial charge is 0.128 e. The van der Waals surface area contributed by atoms with E-state index < -0.39 is 0 Å². The van der Waals surface area contributed by atoms with E-state index in [1.165, 1.54) is 5.56 Å². The molecular weight excluding hydrogens is 174 g/mol. The highest BCUT2D eigenvalue weighted by atomic mass is 15.0. The molecule has 0 aromatic carbocycles. The molecule has 1 aromatic rings. The third-order valence-corrected chi connectivity index (χ3v) is 2.30. The lowest BCUT2D eigenvalue weighted by Gasteiger charge is -2.23. The summed E-state index contributed by atoms with van der Waals surface area (Å²) in [6, 6.07) is 3.99. The Morgan fingerprint density at radius 1 is 1.50 bits per heavy atom. The molecule has 1 rings (SSSR count). The number of nitrogens with one attached hydrogen (secondary N) is 1. The number of anilines is 1. The van der Waals surface area contributed by atoms with Crippen molar-refractivity contribution in [2.24, 2.45) is 11.1 Å². The van der Waals surface area contributed by atoms with Crippen molar-refractivity contribution < 1.29 is 0 Å². The lowest BCUT2D eigenvalue weighted by atomic mass is 9.94. The summed E-state index contributed by atoms with van der Waals surface area (Å²) in [7, 11) is 0. The molecule has 0 aliphatic rings. The van der Waals surface area contributed by atoms with Crippen molar-refractivity contribution in [1.82, 2.24) is 4.98 Å². The molecule has 0 spiro atoms. The lowest BCUT2D eigenvalue weighted by molar-refractivity contribution is 0.405. The largest absolute Gasteiger partial charge is 0.369 e. The first-order valence-electron chi connectivity index (χ1n) is 4.91. The maximum absolute atomic E-state index is 5.65. The molecular formula is C11H19N3. The van der Waals surface area contributed by atoms with Crippen LogP contribution in [0.4, 0.5) is 5.82 Å². The fourth-order valence-electron chi connectivity index (χ4n) is 1.07. The zero-order valence-corrected chi connectivity index (χ0v) is 9.17. The van der Waals surface area contributed by atoms with E-state index in [1.807, 2.05) is 19.1 Å². The highest BCUT2D eigenvalue weighted by molar-refractivity contribution is 5.42. The van der Waals surface area contributed by atoms with Gasteiger partial charge in [0.2, 0.25) is 0 Å². The molecule has 0 unspecified atom stereocenters. The number of hydrogen-bond acceptors (Lipinski definition) is 3. The Labute approximate surface area is 85.7 Å². The average molecular weight is 193 g/mol. The van der Waals surface area contributed by atoms with Gasteiger partial charge in [0.05, 0.1) is 0 Å². The number of rotatable bonds is 4. The van der Waals surface area contributed by atoms with Gasteiger partial charge >= 0.3 is 0 Å². The molecule has 1 heterocycles. The van der Waals surface area contributed by atoms with E-state index >= 15 is 0 Å². The Hall–Kier alpha value is -1.09. The van der Waals surface area contributed by atoms with Gasteiger partial charge in [0.25, 0.3) is 0 Å². The van der Waals surface area contributed by atoms with Gasteiger partial charge in [0.1, 0.15) is 5.82 Å². The zero-order valence-electron chi connectivity index (χ0n) is 9.17. The van der Waals surface area contributed by atoms with Gasteiger partial charge in [-0.05, 0) is 30.5 Å². The molecule has 1 aromatic heterocycles. The van der Waals surface area contributed by atoms with Crippen LogP contribution in [0.5, 0.6) is 0 Å². The zero-order chi connectivity index (χ0) is 10.6. The summed E-state index contributed by atoms with van der Waals surface area (Å²) < 4.78 is 0. The normalized spacial score (nSPS) is 11.4. The minimum Gasteiger partial charge on any atom is -0.369 e. The number of pyridine rings is 1. The van der Waals surface area contributed by atoms with Crippen LogP contribution in [0.1, 0.15) is 19.4 Å². The average Bonchev–Trinajstić information content (AvgIpc) is 2.17. The third-order valence-electron chi connectivity index (χ3n) is 2.30. The SMILES string of the molecule is Cc1cccnc1NCC(C)(C)CN. The topological polar surface area (TPSA) is 50.9 Å². The summed E-state index contributed by atoms with van der Waals surface area (Å²) in [5, 5.41) is 3.31. The molecule has 14 heavy (non-hydrogen) atoms. The second-order valence-corrected chi connectivity index (χ2v) is 4.39. The van der Waals surface area contributed by atoms with Gasteiger partial charge in [-0.1, -0.05) is 19.9 Å². The molecule has 3 nitrogen and oxygen atoms in total. The molecule has 0 saturated carbocycles. The fraction of sp³-hybridized carbons (Fsp3) is 0.545. The van der Waals surface area contributed by atoms with E-state index in [2.05, 4.69) is 24.1 Å². The molecule has 0 aliphatic heterocycles. The third kappa shape index (κ3) is 3.00. The van der Waals surface area contributed by atoms with Crippen LogP contribution in [-0.2, 0) is 0 Å². The van der Waals surface area contributed by atoms with Crippen molar-refractivity contribution in [3.8, 4) is 0 Å². The van der Waals surface area contributed by atoms with Gasteiger partial charge in [0.15, 0.2) is 0 Å². The molecule has 0 bridgehead atoms. The lowest BCUT2D eigenvalue weighted by Crippen LogP contribution is -2.31. The second kappa shape index (κ2) is 4.42. The molecule has 0 atom stereocenters. The van der Waals surface area contributed by atoms with E-state index in [-0.39, 0.29) is 5.41 Å². The number of nitrogens with zero attached hydrogens (tertiary/aromatic N) is 1. The summed E-state index contributed by atoms with van der Waals surface area (Å²) in [4.78, 5) is 4.26. The second-order valence-electron chi connectivity index (χ2n) is 4.39. The van der Waals surface area contributed by atoms with Crippen molar-refractivity contribution in [3.63, 3.8) is 0 Å². The predicted molar refractivity (Wildman–Crippen MR) is 60.3 cm³/mol. The van der Waals surface area contributed by atoms with Crippen molar-refractivity contribution in [3.05, 3.63) is 23.9 Å². The molecule has 0 saturated heterocycles. The quantitative estimate of drug-likeness (QED) is 0.766. The van der Waals surface area contributed by atoms with E-state index in [0.29, 0.717) is 6.54 Å². The molecule has 3 heteroatoms. The fourth-order valence-corrected chi connectivity index (χ4v) is 1.07. The maximum atomic E-state index is 5.65. The Kier molecular flexibility index (Phi) is 3.47. The van der Waals surface area contributed by atoms with Crippen molar-refractivity contribution in [1.29, 1.82) is 0 Å². The van der Waals surface area contributed by atoms with Crippen LogP contribution in [0, 0.1) is 12.3 Å². The van der Waals surface area contributed by atoms with Crippen LogP contribution in [0.25, 0.3) is 0 Å². The Morgan fingerprint density at radius 2 is 2.21 bits per heavy atom. The first-order chi connectivity index (χ1) is 6.55. The molecule has 0 fully saturated rings. The van der Waals surface area contributed by atoms with Gasteiger partial charge in [-0.3, -0.25) is 0 Å². The predicted octanol–water partition coefficient (Wildman–Crippen LogP) is 1.79. The molecule has 3 N–H and O–H groups in total. The van der Waals surface area contributed by atoms with Gasteiger partial charge < -0.3 is 11.1 Å². The highest BCUT2D eigenvalue weighted by Crippen LogP contribution is 2.15. The van der Waals surface area contributed by atoms with Crippen LogP contribution in [0.15, 0.2) is 18.3 Å². The van der Waals surface area contributed by atoms with Crippen molar-refractivity contribution in [2.45, 2.75) is 20.8 Å². The van der Waals surface area contributed by atoms with E-state index in [1.54, 1.807) is 6.20 Å². The summed E-state index contributed by atoms with van der Waals surface area (Å²) in [6.45, 7) is 7.84. The standard InChI is InChI=1S/C11H19N3/c1-9-5-4-6-13-10(9)14-8-11(2,3)7-12/h4-6H,7-8,12H2,1-3H3,(H,13,14). The van der Waals surface area contributed by atoms with E-state index in [9.17, 15) is 0 Å². The molecule has 0 radical (unpaired) electrons. The minimum absolute atomic E-state index is 0.115. The van der Waals surface area contributed by atoms with Crippen LogP contribution in [0.3, 0.4) is 0 Å². The van der Waals surface area contributed by atoms with Gasteiger partial charge in [-0.2, -0.15) is 0 Å². The Balaban J connectivity index is 2.58. The van der Waals surface area contributed by atoms with Gasteiger partial charge in [-0.15, -0.1) is 0 Å². The number of nitrogens with two attached hydrogens (primary N) is 1. The summed E-state index contributed by atoms with van der Waals surface area (Å²) >= 11 is 0. The summed E-state index contributed by atoms with van der Waals surface area (Å²) in [5.74, 6) is 0.953. The van der Waals surface area contributed by atoms with Crippen LogP contribution < -0.4 is 11.1 Å². The minimum atomic E-state index is 0.115. The monoisotopic (exact) mass is 193 g/mol. The van der Waals surface area contributed by atoms with Crippen LogP contribution >= 0.6 is 0 Å². The van der Waals surface area contributed by atoms with Crippen molar-refractivity contribution >= 4 is 5.82 Å². The van der Waals surface area contributed by atoms with Gasteiger partial charge in [0, 0.05) is 12.7 Å².